The van der Waals surface area contributed by atoms with Gasteiger partial charge < -0.3 is 15.0 Å². The van der Waals surface area contributed by atoms with Gasteiger partial charge in [-0.1, -0.05) is 11.6 Å². The van der Waals surface area contributed by atoms with Gasteiger partial charge in [0, 0.05) is 17.0 Å². The highest BCUT2D eigenvalue weighted by Gasteiger charge is 1.96. The minimum absolute atomic E-state index is 0.340. The number of nitrogen functional groups attached to an aromatic ring is 1. The van der Waals surface area contributed by atoms with Gasteiger partial charge in [0.15, 0.2) is 0 Å². The zero-order valence-corrected chi connectivity index (χ0v) is 7.48. The normalized spacial score (nSPS) is 12.5. The summed E-state index contributed by atoms with van der Waals surface area (Å²) < 4.78 is 22.5. The molecule has 0 spiro atoms. The van der Waals surface area contributed by atoms with Crippen LogP contribution in [0.3, 0.4) is 0 Å². The van der Waals surface area contributed by atoms with Crippen LogP contribution in [0.4, 0.5) is 11.4 Å². The first-order valence-corrected chi connectivity index (χ1v) is 4.46. The zero-order valence-electron chi connectivity index (χ0n) is 5.91. The molecular formula is C6H6ClN2O2S-. The van der Waals surface area contributed by atoms with E-state index in [0.29, 0.717) is 16.4 Å². The fraction of sp³-hybridized carbons (Fsp3) is 0. The molecule has 0 radical (unpaired) electrons. The second-order valence-electron chi connectivity index (χ2n) is 2.07. The van der Waals surface area contributed by atoms with Crippen LogP contribution in [0.1, 0.15) is 0 Å². The summed E-state index contributed by atoms with van der Waals surface area (Å²) in [6.45, 7) is 0. The molecule has 0 aliphatic heterocycles. The number of hydrogen-bond donors (Lipinski definition) is 2. The van der Waals surface area contributed by atoms with Crippen molar-refractivity contribution in [2.45, 2.75) is 0 Å². The lowest BCUT2D eigenvalue weighted by molar-refractivity contribution is 0.542. The Hall–Kier alpha value is -0.780. The Labute approximate surface area is 77.1 Å². The molecule has 6 heteroatoms. The highest BCUT2D eigenvalue weighted by Crippen LogP contribution is 2.22. The van der Waals surface area contributed by atoms with Crippen LogP contribution < -0.4 is 10.5 Å². The average molecular weight is 206 g/mol. The Kier molecular flexibility index (Phi) is 2.91. The van der Waals surface area contributed by atoms with E-state index in [1.165, 1.54) is 18.2 Å². The van der Waals surface area contributed by atoms with Gasteiger partial charge in [-0.2, -0.15) is 0 Å². The van der Waals surface area contributed by atoms with Gasteiger partial charge in [-0.05, 0) is 18.2 Å². The quantitative estimate of drug-likeness (QED) is 0.561. The van der Waals surface area contributed by atoms with Crippen molar-refractivity contribution in [3.05, 3.63) is 23.2 Å². The largest absolute Gasteiger partial charge is 0.755 e. The first kappa shape index (κ1) is 9.31. The molecule has 0 aromatic heterocycles. The van der Waals surface area contributed by atoms with E-state index in [0.717, 1.165) is 0 Å². The molecule has 0 bridgehead atoms. The van der Waals surface area contributed by atoms with Crippen LogP contribution in [0.25, 0.3) is 0 Å². The molecule has 1 atom stereocenters. The molecule has 1 aromatic rings. The van der Waals surface area contributed by atoms with Crippen molar-refractivity contribution in [3.63, 3.8) is 0 Å². The molecule has 0 fully saturated rings. The summed E-state index contributed by atoms with van der Waals surface area (Å²) in [5.74, 6) is 0. The van der Waals surface area contributed by atoms with E-state index in [-0.39, 0.29) is 0 Å². The highest BCUT2D eigenvalue weighted by molar-refractivity contribution is 7.80. The third-order valence-electron chi connectivity index (χ3n) is 1.20. The van der Waals surface area contributed by atoms with E-state index in [9.17, 15) is 8.76 Å². The molecule has 1 unspecified atom stereocenters. The summed E-state index contributed by atoms with van der Waals surface area (Å²) in [5.41, 5.74) is 6.16. The molecule has 0 aliphatic rings. The maximum absolute atomic E-state index is 10.2. The van der Waals surface area contributed by atoms with Crippen molar-refractivity contribution in [2.24, 2.45) is 0 Å². The second kappa shape index (κ2) is 3.75. The fourth-order valence-electron chi connectivity index (χ4n) is 0.703. The number of nitrogens with one attached hydrogen (secondary N) is 1. The summed E-state index contributed by atoms with van der Waals surface area (Å²) in [5, 5.41) is 0.400. The van der Waals surface area contributed by atoms with E-state index in [2.05, 4.69) is 4.72 Å². The summed E-state index contributed by atoms with van der Waals surface area (Å²) in [6, 6.07) is 4.48. The topological polar surface area (TPSA) is 78.2 Å². The van der Waals surface area contributed by atoms with Crippen LogP contribution in [0.5, 0.6) is 0 Å². The number of halogens is 1. The van der Waals surface area contributed by atoms with E-state index in [4.69, 9.17) is 17.3 Å². The van der Waals surface area contributed by atoms with Crippen LogP contribution in [0, 0.1) is 0 Å². The van der Waals surface area contributed by atoms with Gasteiger partial charge in [0.2, 0.25) is 0 Å². The molecule has 0 heterocycles. The number of rotatable bonds is 2. The van der Waals surface area contributed by atoms with Gasteiger partial charge >= 0.3 is 0 Å². The molecule has 0 saturated heterocycles. The molecule has 1 aromatic carbocycles. The Morgan fingerprint density at radius 3 is 2.75 bits per heavy atom. The summed E-state index contributed by atoms with van der Waals surface area (Å²) in [6.07, 6.45) is 0. The van der Waals surface area contributed by atoms with Crippen molar-refractivity contribution >= 4 is 34.2 Å². The van der Waals surface area contributed by atoms with Crippen LogP contribution in [0.2, 0.25) is 5.02 Å². The molecule has 12 heavy (non-hydrogen) atoms. The standard InChI is InChI=1S/C6H7ClN2O2S/c7-5-2-1-4(3-6(5)8)9-12(10)11/h1-3,9H,8H2,(H,10,11)/p-1. The molecule has 66 valence electrons. The number of hydrogen-bond acceptors (Lipinski definition) is 3. The van der Waals surface area contributed by atoms with E-state index < -0.39 is 11.3 Å². The molecule has 0 aliphatic carbocycles. The predicted octanol–water partition coefficient (Wildman–Crippen LogP) is 1.13. The lowest BCUT2D eigenvalue weighted by atomic mass is 10.3. The first-order valence-electron chi connectivity index (χ1n) is 3.00. The summed E-state index contributed by atoms with van der Waals surface area (Å²) in [4.78, 5) is 0. The lowest BCUT2D eigenvalue weighted by Gasteiger charge is -2.09. The molecular weight excluding hydrogens is 200 g/mol. The van der Waals surface area contributed by atoms with Crippen molar-refractivity contribution in [1.29, 1.82) is 0 Å². The van der Waals surface area contributed by atoms with Gasteiger partial charge in [0.1, 0.15) is 0 Å². The molecule has 1 rings (SSSR count). The highest BCUT2D eigenvalue weighted by atomic mass is 35.5. The molecule has 0 saturated carbocycles. The smallest absolute Gasteiger partial charge is 0.0636 e. The van der Waals surface area contributed by atoms with Crippen LogP contribution >= 0.6 is 11.6 Å². The van der Waals surface area contributed by atoms with Crippen LogP contribution in [-0.2, 0) is 11.3 Å². The monoisotopic (exact) mass is 205 g/mol. The second-order valence-corrected chi connectivity index (χ2v) is 3.15. The maximum atomic E-state index is 10.2. The average Bonchev–Trinajstić information content (AvgIpc) is 1.96. The van der Waals surface area contributed by atoms with E-state index in [1.807, 2.05) is 0 Å². The Morgan fingerprint density at radius 1 is 1.58 bits per heavy atom. The SMILES string of the molecule is Nc1cc(NS(=O)[O-])ccc1Cl. The fourth-order valence-corrected chi connectivity index (χ4v) is 1.14. The summed E-state index contributed by atoms with van der Waals surface area (Å²) >= 11 is 3.28. The molecule has 3 N–H and O–H groups in total. The van der Waals surface area contributed by atoms with Crippen LogP contribution in [0.15, 0.2) is 18.2 Å². The van der Waals surface area contributed by atoms with Gasteiger partial charge in [-0.3, -0.25) is 4.21 Å². The Morgan fingerprint density at radius 2 is 2.25 bits per heavy atom. The van der Waals surface area contributed by atoms with Gasteiger partial charge in [-0.15, -0.1) is 0 Å². The summed E-state index contributed by atoms with van der Waals surface area (Å²) in [7, 11) is 0. The van der Waals surface area contributed by atoms with Crippen molar-refractivity contribution in [3.8, 4) is 0 Å². The number of anilines is 2. The Bertz CT molecular complexity index is 318. The molecule has 4 nitrogen and oxygen atoms in total. The minimum Gasteiger partial charge on any atom is -0.755 e. The number of benzene rings is 1. The van der Waals surface area contributed by atoms with Crippen molar-refractivity contribution in [1.82, 2.24) is 0 Å². The lowest BCUT2D eigenvalue weighted by Crippen LogP contribution is -2.02. The maximum Gasteiger partial charge on any atom is 0.0636 e. The minimum atomic E-state index is -2.33. The van der Waals surface area contributed by atoms with E-state index in [1.54, 1.807) is 0 Å². The third kappa shape index (κ3) is 2.37. The van der Waals surface area contributed by atoms with Gasteiger partial charge in [-0.25, -0.2) is 0 Å². The molecule has 0 amide bonds. The Balaban J connectivity index is 2.89. The van der Waals surface area contributed by atoms with E-state index >= 15 is 0 Å². The van der Waals surface area contributed by atoms with Crippen molar-refractivity contribution < 1.29 is 8.76 Å². The predicted molar refractivity (Wildman–Crippen MR) is 48.4 cm³/mol. The van der Waals surface area contributed by atoms with Gasteiger partial charge in [0.25, 0.3) is 0 Å². The van der Waals surface area contributed by atoms with Crippen LogP contribution in [-0.4, -0.2) is 8.76 Å². The number of nitrogens with two attached hydrogens (primary N) is 1. The zero-order chi connectivity index (χ0) is 9.14. The third-order valence-corrected chi connectivity index (χ3v) is 1.94. The van der Waals surface area contributed by atoms with Gasteiger partial charge in [0.05, 0.1) is 10.7 Å². The van der Waals surface area contributed by atoms with Crippen molar-refractivity contribution in [2.75, 3.05) is 10.5 Å². The first-order chi connectivity index (χ1) is 5.59.